The zero-order valence-electron chi connectivity index (χ0n) is 3.36. The summed E-state index contributed by atoms with van der Waals surface area (Å²) in [6, 6.07) is 0. The quantitative estimate of drug-likeness (QED) is 0.376. The van der Waals surface area contributed by atoms with E-state index in [1.54, 1.807) is 0 Å². The molecule has 0 spiro atoms. The fourth-order valence-electron chi connectivity index (χ4n) is 0.0913. The molecule has 7 heavy (non-hydrogen) atoms. The maximum atomic E-state index is 9.51. The molecular weight excluding hydrogens is 120 g/mol. The lowest BCUT2D eigenvalue weighted by Gasteiger charge is -1.81. The number of carbonyl (C=O) groups is 1. The number of ether oxygens (including phenoxy) is 1. The Bertz CT molecular complexity index is 107. The van der Waals surface area contributed by atoms with Crippen LogP contribution in [0.2, 0.25) is 0 Å². The van der Waals surface area contributed by atoms with E-state index in [-0.39, 0.29) is 6.47 Å². The summed E-state index contributed by atoms with van der Waals surface area (Å²) >= 11 is 0. The van der Waals surface area contributed by atoms with Gasteiger partial charge in [0.15, 0.2) is 16.6 Å². The highest BCUT2D eigenvalue weighted by Crippen LogP contribution is 1.63. The maximum absolute atomic E-state index is 9.51. The topological polar surface area (TPSA) is 60.4 Å². The molecular formula is C2H4O4S. The van der Waals surface area contributed by atoms with Gasteiger partial charge in [-0.25, -0.2) is 8.42 Å². The van der Waals surface area contributed by atoms with Gasteiger partial charge >= 0.3 is 0 Å². The average molecular weight is 124 g/mol. The SMILES string of the molecule is O=COC[SH](=O)=O. The molecule has 0 heterocycles. The van der Waals surface area contributed by atoms with Gasteiger partial charge in [0.1, 0.15) is 0 Å². The first-order valence-electron chi connectivity index (χ1n) is 1.44. The van der Waals surface area contributed by atoms with Crippen LogP contribution in [0, 0.1) is 0 Å². The molecule has 0 saturated carbocycles. The van der Waals surface area contributed by atoms with Gasteiger partial charge in [0.2, 0.25) is 0 Å². The lowest BCUT2D eigenvalue weighted by atomic mass is 11.5. The number of rotatable bonds is 3. The smallest absolute Gasteiger partial charge is 0.294 e. The van der Waals surface area contributed by atoms with E-state index in [1.165, 1.54) is 0 Å². The van der Waals surface area contributed by atoms with E-state index in [2.05, 4.69) is 4.74 Å². The first-order chi connectivity index (χ1) is 3.27. The maximum Gasteiger partial charge on any atom is 0.294 e. The molecule has 42 valence electrons. The van der Waals surface area contributed by atoms with Crippen molar-refractivity contribution in [3.05, 3.63) is 0 Å². The van der Waals surface area contributed by atoms with E-state index >= 15 is 0 Å². The van der Waals surface area contributed by atoms with Crippen LogP contribution in [0.3, 0.4) is 0 Å². The summed E-state index contributed by atoms with van der Waals surface area (Å²) in [7, 11) is -2.56. The molecule has 0 atom stereocenters. The number of hydrogen-bond acceptors (Lipinski definition) is 4. The van der Waals surface area contributed by atoms with Gasteiger partial charge in [-0.3, -0.25) is 4.79 Å². The largest absolute Gasteiger partial charge is 0.452 e. The van der Waals surface area contributed by atoms with E-state index < -0.39 is 16.6 Å². The van der Waals surface area contributed by atoms with Crippen LogP contribution in [0.1, 0.15) is 0 Å². The van der Waals surface area contributed by atoms with Crippen molar-refractivity contribution in [3.8, 4) is 0 Å². The van der Waals surface area contributed by atoms with Crippen LogP contribution >= 0.6 is 0 Å². The van der Waals surface area contributed by atoms with E-state index in [9.17, 15) is 13.2 Å². The lowest BCUT2D eigenvalue weighted by Crippen LogP contribution is -1.91. The number of carbonyl (C=O) groups excluding carboxylic acids is 1. The molecule has 0 fully saturated rings. The van der Waals surface area contributed by atoms with Crippen molar-refractivity contribution in [2.45, 2.75) is 0 Å². The van der Waals surface area contributed by atoms with Crippen molar-refractivity contribution >= 4 is 17.2 Å². The van der Waals surface area contributed by atoms with Crippen LogP contribution in [0.5, 0.6) is 0 Å². The van der Waals surface area contributed by atoms with Gasteiger partial charge in [-0.15, -0.1) is 0 Å². The van der Waals surface area contributed by atoms with Gasteiger partial charge in [0.05, 0.1) is 0 Å². The third kappa shape index (κ3) is 5.42. The molecule has 0 aromatic carbocycles. The van der Waals surface area contributed by atoms with Crippen LogP contribution in [-0.2, 0) is 20.2 Å². The molecule has 0 unspecified atom stereocenters. The fraction of sp³-hybridized carbons (Fsp3) is 0.500. The Kier molecular flexibility index (Phi) is 3.31. The average Bonchev–Trinajstić information content (AvgIpc) is 1.61. The van der Waals surface area contributed by atoms with Crippen molar-refractivity contribution in [1.29, 1.82) is 0 Å². The summed E-state index contributed by atoms with van der Waals surface area (Å²) in [5, 5.41) is 0. The molecule has 0 aliphatic heterocycles. The van der Waals surface area contributed by atoms with Gasteiger partial charge in [-0.2, -0.15) is 0 Å². The van der Waals surface area contributed by atoms with Crippen molar-refractivity contribution in [2.24, 2.45) is 0 Å². The van der Waals surface area contributed by atoms with Crippen LogP contribution in [0.4, 0.5) is 0 Å². The monoisotopic (exact) mass is 124 g/mol. The van der Waals surface area contributed by atoms with Crippen LogP contribution in [0.25, 0.3) is 0 Å². The minimum atomic E-state index is -2.56. The lowest BCUT2D eigenvalue weighted by molar-refractivity contribution is -0.126. The predicted molar refractivity (Wildman–Crippen MR) is 22.3 cm³/mol. The summed E-state index contributed by atoms with van der Waals surface area (Å²) in [6.07, 6.45) is 0. The molecule has 0 aromatic rings. The van der Waals surface area contributed by atoms with Crippen LogP contribution in [0.15, 0.2) is 0 Å². The number of thiol groups is 1. The summed E-state index contributed by atoms with van der Waals surface area (Å²) in [6.45, 7) is 0.0884. The Labute approximate surface area is 42.0 Å². The Hall–Kier alpha value is -0.580. The van der Waals surface area contributed by atoms with Gasteiger partial charge in [-0.05, 0) is 0 Å². The molecule has 5 heteroatoms. The Morgan fingerprint density at radius 1 is 1.57 bits per heavy atom. The second-order valence-electron chi connectivity index (χ2n) is 0.725. The summed E-state index contributed by atoms with van der Waals surface area (Å²) < 4.78 is 22.8. The fourth-order valence-corrected chi connectivity index (χ4v) is 0.274. The zero-order chi connectivity index (χ0) is 5.70. The highest BCUT2D eigenvalue weighted by Gasteiger charge is 1.79. The summed E-state index contributed by atoms with van der Waals surface area (Å²) in [5.74, 6) is -0.515. The van der Waals surface area contributed by atoms with Gasteiger partial charge in [-0.1, -0.05) is 0 Å². The third-order valence-corrected chi connectivity index (χ3v) is 0.608. The Balaban J connectivity index is 3.14. The molecule has 0 aliphatic carbocycles. The van der Waals surface area contributed by atoms with Crippen LogP contribution < -0.4 is 0 Å². The first-order valence-corrected chi connectivity index (χ1v) is 2.80. The molecule has 0 N–H and O–H groups in total. The van der Waals surface area contributed by atoms with Crippen LogP contribution in [-0.4, -0.2) is 20.8 Å². The Morgan fingerprint density at radius 2 is 2.14 bits per heavy atom. The van der Waals surface area contributed by atoms with Crippen molar-refractivity contribution in [2.75, 3.05) is 5.94 Å². The van der Waals surface area contributed by atoms with Crippen molar-refractivity contribution < 1.29 is 17.9 Å². The van der Waals surface area contributed by atoms with E-state index in [1.807, 2.05) is 0 Å². The summed E-state index contributed by atoms with van der Waals surface area (Å²) in [4.78, 5) is 9.22. The Morgan fingerprint density at radius 3 is 2.29 bits per heavy atom. The number of hydrogen-bond donors (Lipinski definition) is 1. The molecule has 0 aliphatic rings. The van der Waals surface area contributed by atoms with E-state index in [0.29, 0.717) is 0 Å². The van der Waals surface area contributed by atoms with E-state index in [0.717, 1.165) is 0 Å². The van der Waals surface area contributed by atoms with Crippen molar-refractivity contribution in [1.82, 2.24) is 0 Å². The molecule has 0 aromatic heterocycles. The third-order valence-electron chi connectivity index (χ3n) is 0.248. The zero-order valence-corrected chi connectivity index (χ0v) is 4.26. The highest BCUT2D eigenvalue weighted by atomic mass is 32.2. The molecule has 0 rings (SSSR count). The minimum absolute atomic E-state index is 0.0884. The highest BCUT2D eigenvalue weighted by molar-refractivity contribution is 7.72. The normalized spacial score (nSPS) is 8.71. The minimum Gasteiger partial charge on any atom is -0.452 e. The van der Waals surface area contributed by atoms with Crippen molar-refractivity contribution in [3.63, 3.8) is 0 Å². The van der Waals surface area contributed by atoms with Gasteiger partial charge in [0, 0.05) is 0 Å². The second kappa shape index (κ2) is 3.60. The van der Waals surface area contributed by atoms with Gasteiger partial charge < -0.3 is 4.74 Å². The predicted octanol–water partition coefficient (Wildman–Crippen LogP) is -1.27. The molecule has 0 bridgehead atoms. The molecule has 0 saturated heterocycles. The first kappa shape index (κ1) is 6.42. The standard InChI is InChI=1S/C2H4O4S/c3-1-6-2-7(4)5/h1,7H,2H2. The second-order valence-corrected chi connectivity index (χ2v) is 1.65. The van der Waals surface area contributed by atoms with E-state index in [4.69, 9.17) is 0 Å². The molecule has 0 radical (unpaired) electrons. The summed E-state index contributed by atoms with van der Waals surface area (Å²) in [5.41, 5.74) is 0. The molecule has 0 amide bonds. The molecule has 4 nitrogen and oxygen atoms in total. The van der Waals surface area contributed by atoms with Gasteiger partial charge in [0.25, 0.3) is 6.47 Å².